The maximum Gasteiger partial charge on any atom is 0.305 e. The molecule has 4 atom stereocenters. The summed E-state index contributed by atoms with van der Waals surface area (Å²) in [6.07, 6.45) is 2.40. The first-order chi connectivity index (χ1) is 9.23. The van der Waals surface area contributed by atoms with Gasteiger partial charge in [0.05, 0.1) is 25.0 Å². The third-order valence-electron chi connectivity index (χ3n) is 3.26. The van der Waals surface area contributed by atoms with Gasteiger partial charge in [-0.15, -0.1) is 0 Å². The molecule has 116 valence electrons. The first-order valence-electron chi connectivity index (χ1n) is 6.68. The zero-order valence-electron chi connectivity index (χ0n) is 11.9. The molecule has 0 aromatic heterocycles. The number of aliphatic carboxylic acids is 2. The summed E-state index contributed by atoms with van der Waals surface area (Å²) in [5.41, 5.74) is 0. The first kappa shape index (κ1) is 18.6. The Morgan fingerprint density at radius 2 is 1.15 bits per heavy atom. The molecule has 0 saturated carbocycles. The van der Waals surface area contributed by atoms with Gasteiger partial charge in [0.1, 0.15) is 0 Å². The maximum absolute atomic E-state index is 10.4. The Morgan fingerprint density at radius 3 is 1.40 bits per heavy atom. The van der Waals surface area contributed by atoms with E-state index >= 15 is 0 Å². The molecule has 6 heteroatoms. The summed E-state index contributed by atoms with van der Waals surface area (Å²) in [5.74, 6) is -2.39. The maximum atomic E-state index is 10.4. The van der Waals surface area contributed by atoms with Crippen molar-refractivity contribution in [2.45, 2.75) is 51.7 Å². The van der Waals surface area contributed by atoms with Crippen LogP contribution >= 0.6 is 0 Å². The molecule has 0 aliphatic rings. The van der Waals surface area contributed by atoms with Gasteiger partial charge >= 0.3 is 11.9 Å². The smallest absolute Gasteiger partial charge is 0.305 e. The highest BCUT2D eigenvalue weighted by Gasteiger charge is 2.17. The predicted molar refractivity (Wildman–Crippen MR) is 73.2 cm³/mol. The SMILES string of the molecule is C[C@H](C/C=C/C[C@H](C)[C@@H](O)CC(=O)O)[C@H](O)CC(=O)O. The fourth-order valence-corrected chi connectivity index (χ4v) is 1.70. The lowest BCUT2D eigenvalue weighted by Crippen LogP contribution is -2.21. The minimum Gasteiger partial charge on any atom is -0.481 e. The Kier molecular flexibility index (Phi) is 8.83. The standard InChI is InChI=1S/C14H24O6/c1-9(11(15)7-13(17)18)5-3-4-6-10(2)12(16)8-14(19)20/h3-4,9-12,15-16H,5-8H2,1-2H3,(H,17,18)(H,19,20)/b4-3+/t9-,10+,11-,12+. The molecular weight excluding hydrogens is 264 g/mol. The minimum atomic E-state index is -1.03. The zero-order chi connectivity index (χ0) is 15.7. The summed E-state index contributed by atoms with van der Waals surface area (Å²) in [6.45, 7) is 3.53. The van der Waals surface area contributed by atoms with E-state index < -0.39 is 24.1 Å². The van der Waals surface area contributed by atoms with Crippen LogP contribution in [-0.4, -0.2) is 44.6 Å². The normalized spacial score (nSPS) is 17.6. The summed E-state index contributed by atoms with van der Waals surface area (Å²) in [5, 5.41) is 36.2. The molecule has 4 N–H and O–H groups in total. The molecule has 0 aromatic rings. The van der Waals surface area contributed by atoms with Crippen molar-refractivity contribution in [2.24, 2.45) is 11.8 Å². The van der Waals surface area contributed by atoms with Crippen LogP contribution in [0, 0.1) is 11.8 Å². The molecule has 0 saturated heterocycles. The van der Waals surface area contributed by atoms with Crippen molar-refractivity contribution in [3.63, 3.8) is 0 Å². The first-order valence-corrected chi connectivity index (χ1v) is 6.68. The van der Waals surface area contributed by atoms with Crippen molar-refractivity contribution in [1.82, 2.24) is 0 Å². The highest BCUT2D eigenvalue weighted by atomic mass is 16.4. The van der Waals surface area contributed by atoms with Crippen LogP contribution in [0.4, 0.5) is 0 Å². The molecule has 0 aromatic carbocycles. The quantitative estimate of drug-likeness (QED) is 0.450. The van der Waals surface area contributed by atoms with Crippen LogP contribution in [0.5, 0.6) is 0 Å². The van der Waals surface area contributed by atoms with E-state index in [2.05, 4.69) is 0 Å². The van der Waals surface area contributed by atoms with Gasteiger partial charge in [0, 0.05) is 0 Å². The van der Waals surface area contributed by atoms with Gasteiger partial charge in [-0.2, -0.15) is 0 Å². The lowest BCUT2D eigenvalue weighted by Gasteiger charge is -2.16. The van der Waals surface area contributed by atoms with Gasteiger partial charge in [-0.3, -0.25) is 9.59 Å². The van der Waals surface area contributed by atoms with Crippen LogP contribution in [0.3, 0.4) is 0 Å². The highest BCUT2D eigenvalue weighted by molar-refractivity contribution is 5.67. The van der Waals surface area contributed by atoms with Crippen molar-refractivity contribution in [2.75, 3.05) is 0 Å². The van der Waals surface area contributed by atoms with Crippen molar-refractivity contribution in [3.8, 4) is 0 Å². The zero-order valence-corrected chi connectivity index (χ0v) is 11.9. The fourth-order valence-electron chi connectivity index (χ4n) is 1.70. The number of carboxylic acids is 2. The molecule has 0 fully saturated rings. The second-order valence-electron chi connectivity index (χ2n) is 5.23. The molecular formula is C14H24O6. The van der Waals surface area contributed by atoms with Gasteiger partial charge in [0.25, 0.3) is 0 Å². The Balaban J connectivity index is 4.01. The Labute approximate surface area is 118 Å². The summed E-state index contributed by atoms with van der Waals surface area (Å²) in [4.78, 5) is 20.9. The van der Waals surface area contributed by atoms with Gasteiger partial charge in [-0.25, -0.2) is 0 Å². The molecule has 0 amide bonds. The number of rotatable bonds is 10. The Hall–Kier alpha value is -1.40. The third kappa shape index (κ3) is 8.66. The van der Waals surface area contributed by atoms with E-state index in [0.29, 0.717) is 12.8 Å². The van der Waals surface area contributed by atoms with Crippen LogP contribution < -0.4 is 0 Å². The summed E-state index contributed by atoms with van der Waals surface area (Å²) >= 11 is 0. The van der Waals surface area contributed by atoms with E-state index in [4.69, 9.17) is 10.2 Å². The fraction of sp³-hybridized carbons (Fsp3) is 0.714. The molecule has 0 rings (SSSR count). The number of aliphatic hydroxyl groups is 2. The molecule has 0 radical (unpaired) electrons. The van der Waals surface area contributed by atoms with Gasteiger partial charge in [0.15, 0.2) is 0 Å². The predicted octanol–water partition coefficient (Wildman–Crippen LogP) is 1.27. The summed E-state index contributed by atoms with van der Waals surface area (Å²) in [6, 6.07) is 0. The second-order valence-corrected chi connectivity index (χ2v) is 5.23. The van der Waals surface area contributed by atoms with Gasteiger partial charge < -0.3 is 20.4 Å². The van der Waals surface area contributed by atoms with Crippen molar-refractivity contribution < 1.29 is 30.0 Å². The van der Waals surface area contributed by atoms with E-state index in [1.807, 2.05) is 12.2 Å². The average molecular weight is 288 g/mol. The molecule has 0 aliphatic heterocycles. The number of hydrogen-bond acceptors (Lipinski definition) is 4. The Morgan fingerprint density at radius 1 is 0.850 bits per heavy atom. The van der Waals surface area contributed by atoms with Gasteiger partial charge in [-0.1, -0.05) is 26.0 Å². The highest BCUT2D eigenvalue weighted by Crippen LogP contribution is 2.15. The number of carbonyl (C=O) groups is 2. The molecule has 0 heterocycles. The van der Waals surface area contributed by atoms with Gasteiger partial charge in [-0.05, 0) is 24.7 Å². The van der Waals surface area contributed by atoms with Crippen molar-refractivity contribution in [3.05, 3.63) is 12.2 Å². The topological polar surface area (TPSA) is 115 Å². The van der Waals surface area contributed by atoms with Crippen molar-refractivity contribution >= 4 is 11.9 Å². The van der Waals surface area contributed by atoms with Crippen LogP contribution in [-0.2, 0) is 9.59 Å². The number of carboxylic acid groups (broad SMARTS) is 2. The molecule has 20 heavy (non-hydrogen) atoms. The van der Waals surface area contributed by atoms with E-state index in [0.717, 1.165) is 0 Å². The largest absolute Gasteiger partial charge is 0.481 e. The van der Waals surface area contributed by atoms with E-state index in [9.17, 15) is 19.8 Å². The van der Waals surface area contributed by atoms with E-state index in [-0.39, 0.29) is 24.7 Å². The number of allylic oxidation sites excluding steroid dienone is 2. The molecule has 0 spiro atoms. The van der Waals surface area contributed by atoms with Crippen LogP contribution in [0.25, 0.3) is 0 Å². The monoisotopic (exact) mass is 288 g/mol. The van der Waals surface area contributed by atoms with Gasteiger partial charge in [0.2, 0.25) is 0 Å². The second kappa shape index (κ2) is 9.50. The third-order valence-corrected chi connectivity index (χ3v) is 3.26. The summed E-state index contributed by atoms with van der Waals surface area (Å²) in [7, 11) is 0. The van der Waals surface area contributed by atoms with E-state index in [1.165, 1.54) is 0 Å². The molecule has 6 nitrogen and oxygen atoms in total. The van der Waals surface area contributed by atoms with Crippen molar-refractivity contribution in [1.29, 1.82) is 0 Å². The number of aliphatic hydroxyl groups excluding tert-OH is 2. The lowest BCUT2D eigenvalue weighted by molar-refractivity contribution is -0.141. The van der Waals surface area contributed by atoms with Crippen LogP contribution in [0.15, 0.2) is 12.2 Å². The van der Waals surface area contributed by atoms with Crippen LogP contribution in [0.1, 0.15) is 39.5 Å². The average Bonchev–Trinajstić information content (AvgIpc) is 2.32. The van der Waals surface area contributed by atoms with Crippen LogP contribution in [0.2, 0.25) is 0 Å². The molecule has 0 aliphatic carbocycles. The molecule has 0 unspecified atom stereocenters. The summed E-state index contributed by atoms with van der Waals surface area (Å²) < 4.78 is 0. The lowest BCUT2D eigenvalue weighted by atomic mass is 9.95. The number of hydrogen-bond donors (Lipinski definition) is 4. The Bertz CT molecular complexity index is 307. The molecule has 0 bridgehead atoms. The van der Waals surface area contributed by atoms with E-state index in [1.54, 1.807) is 13.8 Å². The minimum absolute atomic E-state index is 0.165.